The van der Waals surface area contributed by atoms with Crippen LogP contribution < -0.4 is 4.74 Å². The lowest BCUT2D eigenvalue weighted by molar-refractivity contribution is 0.306. The third-order valence-corrected chi connectivity index (χ3v) is 10.8. The highest BCUT2D eigenvalue weighted by Gasteiger charge is 2.25. The van der Waals surface area contributed by atoms with Crippen molar-refractivity contribution in [2.75, 3.05) is 18.1 Å². The van der Waals surface area contributed by atoms with Gasteiger partial charge in [0.2, 0.25) is 0 Å². The van der Waals surface area contributed by atoms with E-state index in [0.717, 1.165) is 29.0 Å². The van der Waals surface area contributed by atoms with Gasteiger partial charge in [-0.3, -0.25) is 0 Å². The minimum Gasteiger partial charge on any atom is -0.489 e. The van der Waals surface area contributed by atoms with Crippen molar-refractivity contribution in [3.8, 4) is 28.7 Å². The maximum Gasteiger partial charge on any atom is 0.150 e. The van der Waals surface area contributed by atoms with E-state index < -0.39 is 9.84 Å². The van der Waals surface area contributed by atoms with Crippen LogP contribution in [-0.2, 0) is 16.4 Å². The first-order valence-corrected chi connectivity index (χ1v) is 17.0. The lowest BCUT2D eigenvalue weighted by atomic mass is 9.89. The number of rotatable bonds is 8. The van der Waals surface area contributed by atoms with Crippen molar-refractivity contribution in [3.63, 3.8) is 0 Å². The Morgan fingerprint density at radius 2 is 1.81 bits per heavy atom. The van der Waals surface area contributed by atoms with E-state index in [4.69, 9.17) is 4.74 Å². The summed E-state index contributed by atoms with van der Waals surface area (Å²) in [7, 11) is -2.86. The molecule has 1 aromatic heterocycles. The number of hydrogen-bond acceptors (Lipinski definition) is 7. The third-order valence-electron chi connectivity index (χ3n) is 8.15. The number of ether oxygens (including phenoxy) is 1. The predicted molar refractivity (Wildman–Crippen MR) is 182 cm³/mol. The Morgan fingerprint density at radius 1 is 1.02 bits per heavy atom. The minimum atomic E-state index is -2.86. The fraction of sp³-hybridized carbons (Fsp3) is 0.324. The molecular formula is C34H35N3O3S3. The Morgan fingerprint density at radius 3 is 2.51 bits per heavy atom. The second-order valence-electron chi connectivity index (χ2n) is 11.0. The molecule has 222 valence electrons. The highest BCUT2D eigenvalue weighted by Crippen LogP contribution is 2.38. The summed E-state index contributed by atoms with van der Waals surface area (Å²) in [6.45, 7) is 5.04. The monoisotopic (exact) mass is 629 g/mol. The van der Waals surface area contributed by atoms with Crippen LogP contribution in [0.5, 0.6) is 5.75 Å². The van der Waals surface area contributed by atoms with Gasteiger partial charge in [0.1, 0.15) is 28.7 Å². The molecular weight excluding hydrogens is 595 g/mol. The molecule has 0 radical (unpaired) electrons. The van der Waals surface area contributed by atoms with Gasteiger partial charge in [-0.15, -0.1) is 22.4 Å². The lowest BCUT2D eigenvalue weighted by Crippen LogP contribution is -2.22. The van der Waals surface area contributed by atoms with Crippen molar-refractivity contribution in [1.82, 2.24) is 0 Å². The zero-order valence-electron chi connectivity index (χ0n) is 24.3. The molecule has 0 bridgehead atoms. The van der Waals surface area contributed by atoms with Crippen LogP contribution in [0, 0.1) is 18.8 Å². The van der Waals surface area contributed by atoms with E-state index in [1.807, 2.05) is 19.1 Å². The number of thiophene rings is 1. The molecule has 1 atom stereocenters. The quantitative estimate of drug-likeness (QED) is 0.184. The second kappa shape index (κ2) is 13.5. The van der Waals surface area contributed by atoms with Crippen LogP contribution in [0.25, 0.3) is 21.2 Å². The van der Waals surface area contributed by atoms with Crippen LogP contribution in [0.15, 0.2) is 81.5 Å². The second-order valence-corrected chi connectivity index (χ2v) is 14.3. The average Bonchev–Trinajstić information content (AvgIpc) is 3.66. The molecule has 2 aliphatic heterocycles. The van der Waals surface area contributed by atoms with Crippen LogP contribution >= 0.6 is 24.8 Å². The van der Waals surface area contributed by atoms with Crippen molar-refractivity contribution in [2.24, 2.45) is 15.4 Å². The summed E-state index contributed by atoms with van der Waals surface area (Å²) in [5, 5.41) is 15.2. The van der Waals surface area contributed by atoms with Gasteiger partial charge in [0.15, 0.2) is 0 Å². The van der Waals surface area contributed by atoms with Crippen LogP contribution in [0.1, 0.15) is 60.3 Å². The molecule has 0 spiro atoms. The first-order chi connectivity index (χ1) is 20.4. The average molecular weight is 630 g/mol. The molecule has 3 heterocycles. The first-order valence-electron chi connectivity index (χ1n) is 14.3. The fourth-order valence-electron chi connectivity index (χ4n) is 5.81. The van der Waals surface area contributed by atoms with E-state index in [1.54, 1.807) is 11.3 Å². The van der Waals surface area contributed by atoms with E-state index in [0.29, 0.717) is 43.4 Å². The molecule has 43 heavy (non-hydrogen) atoms. The van der Waals surface area contributed by atoms with Crippen LogP contribution in [0.4, 0.5) is 0 Å². The van der Waals surface area contributed by atoms with Gasteiger partial charge in [0, 0.05) is 22.1 Å². The highest BCUT2D eigenvalue weighted by molar-refractivity contribution is 7.91. The molecule has 1 saturated heterocycles. The summed E-state index contributed by atoms with van der Waals surface area (Å²) in [4.78, 5) is 0. The van der Waals surface area contributed by atoms with Gasteiger partial charge in [-0.25, -0.2) is 8.42 Å². The molecule has 0 aliphatic carbocycles. The molecule has 1 fully saturated rings. The first kappa shape index (κ1) is 31.0. The molecule has 0 amide bonds. The largest absolute Gasteiger partial charge is 0.489 e. The maximum atomic E-state index is 11.9. The SMILES string of the molecule is CC#C[C@@H](CC1=NN=NC1)c1ccc(OCc2ccc3scc(-c4ccc(C5CCS(=O)(=O)CC5)cc4C)c3c2)cc1.S. The van der Waals surface area contributed by atoms with Gasteiger partial charge in [0.25, 0.3) is 0 Å². The van der Waals surface area contributed by atoms with Crippen LogP contribution in [0.2, 0.25) is 0 Å². The molecule has 2 aliphatic rings. The summed E-state index contributed by atoms with van der Waals surface area (Å²) >= 11 is 1.75. The van der Waals surface area contributed by atoms with Crippen molar-refractivity contribution in [3.05, 3.63) is 88.3 Å². The standard InChI is InChI=1S/C34H33N3O3S2.H2S/c1-3-4-27(19-29-20-35-37-36-29)25-6-9-30(10-7-25)40-21-24-5-12-34-32(18-24)33(22-41-34)31-11-8-28(17-23(31)2)26-13-15-42(38,39)16-14-26;/h5-12,17-18,22,26-27H,13-16,19-21H2,1-2H3;1H2/t27-;/m0./s1. The van der Waals surface area contributed by atoms with Gasteiger partial charge in [-0.05, 0) is 95.3 Å². The van der Waals surface area contributed by atoms with Gasteiger partial charge < -0.3 is 4.74 Å². The van der Waals surface area contributed by atoms with Crippen molar-refractivity contribution < 1.29 is 13.2 Å². The van der Waals surface area contributed by atoms with E-state index in [1.165, 1.54) is 32.3 Å². The zero-order chi connectivity index (χ0) is 29.1. The fourth-order valence-corrected chi connectivity index (χ4v) is 8.24. The molecule has 0 N–H and O–H groups in total. The summed E-state index contributed by atoms with van der Waals surface area (Å²) in [5.74, 6) is 8.10. The molecule has 4 aromatic rings. The summed E-state index contributed by atoms with van der Waals surface area (Å²) < 4.78 is 31.2. The van der Waals surface area contributed by atoms with E-state index in [9.17, 15) is 8.42 Å². The summed E-state index contributed by atoms with van der Waals surface area (Å²) in [6.07, 6.45) is 2.15. The molecule has 3 aromatic carbocycles. The van der Waals surface area contributed by atoms with E-state index in [-0.39, 0.29) is 19.4 Å². The van der Waals surface area contributed by atoms with Crippen molar-refractivity contribution in [2.45, 2.75) is 51.6 Å². The van der Waals surface area contributed by atoms with E-state index in [2.05, 4.69) is 88.1 Å². The van der Waals surface area contributed by atoms with Crippen LogP contribution in [0.3, 0.4) is 0 Å². The van der Waals surface area contributed by atoms with Gasteiger partial charge in [-0.2, -0.15) is 18.6 Å². The Kier molecular flexibility index (Phi) is 9.70. The molecule has 6 rings (SSSR count). The van der Waals surface area contributed by atoms with Crippen molar-refractivity contribution >= 4 is 50.5 Å². The van der Waals surface area contributed by atoms with E-state index >= 15 is 0 Å². The summed E-state index contributed by atoms with van der Waals surface area (Å²) in [5.41, 5.74) is 8.12. The molecule has 0 unspecified atom stereocenters. The Bertz CT molecular complexity index is 1830. The smallest absolute Gasteiger partial charge is 0.150 e. The highest BCUT2D eigenvalue weighted by atomic mass is 32.2. The van der Waals surface area contributed by atoms with Crippen LogP contribution in [-0.4, -0.2) is 32.2 Å². The number of aryl methyl sites for hydroxylation is 1. The number of sulfone groups is 1. The topological polar surface area (TPSA) is 80.5 Å². The minimum absolute atomic E-state index is 0. The predicted octanol–water partition coefficient (Wildman–Crippen LogP) is 8.18. The Balaban J connectivity index is 0.00000368. The number of fused-ring (bicyclic) bond motifs is 1. The Hall–Kier alpha value is -3.45. The Labute approximate surface area is 264 Å². The number of benzene rings is 3. The van der Waals surface area contributed by atoms with Crippen molar-refractivity contribution in [1.29, 1.82) is 0 Å². The molecule has 6 nitrogen and oxygen atoms in total. The zero-order valence-corrected chi connectivity index (χ0v) is 27.0. The summed E-state index contributed by atoms with van der Waals surface area (Å²) in [6, 6.07) is 21.4. The lowest BCUT2D eigenvalue weighted by Gasteiger charge is -2.23. The van der Waals surface area contributed by atoms with Gasteiger partial charge >= 0.3 is 0 Å². The number of hydrogen-bond donors (Lipinski definition) is 0. The molecule has 0 saturated carbocycles. The maximum absolute atomic E-state index is 11.9. The third kappa shape index (κ3) is 7.20. The number of nitrogens with zero attached hydrogens (tertiary/aromatic N) is 3. The molecule has 9 heteroatoms. The normalized spacial score (nSPS) is 16.7. The van der Waals surface area contributed by atoms with Gasteiger partial charge in [0.05, 0.1) is 23.1 Å². The van der Waals surface area contributed by atoms with Gasteiger partial charge in [-0.1, -0.05) is 42.3 Å².